The highest BCUT2D eigenvalue weighted by molar-refractivity contribution is 5.98. The fraction of sp³-hybridized carbons (Fsp3) is 0.385. The normalized spacial score (nSPS) is 15.5. The average molecular weight is 263 g/mol. The van der Waals surface area contributed by atoms with Crippen molar-refractivity contribution in [3.8, 4) is 5.75 Å². The second kappa shape index (κ2) is 5.60. The maximum absolute atomic E-state index is 12.1. The molecule has 1 aliphatic rings. The molecule has 4 N–H and O–H groups in total. The number of amides is 1. The number of hydrogen-bond donors (Lipinski definition) is 3. The molecule has 1 heterocycles. The zero-order valence-corrected chi connectivity index (χ0v) is 10.7. The minimum absolute atomic E-state index is 0.000318. The van der Waals surface area contributed by atoms with Crippen LogP contribution in [0.3, 0.4) is 0 Å². The summed E-state index contributed by atoms with van der Waals surface area (Å²) in [4.78, 5) is 12.1. The summed E-state index contributed by atoms with van der Waals surface area (Å²) in [6.45, 7) is 2.50. The van der Waals surface area contributed by atoms with E-state index < -0.39 is 6.04 Å². The van der Waals surface area contributed by atoms with Crippen molar-refractivity contribution in [1.29, 1.82) is 0 Å². The van der Waals surface area contributed by atoms with Crippen LogP contribution in [0.2, 0.25) is 0 Å². The van der Waals surface area contributed by atoms with Gasteiger partial charge in [-0.05, 0) is 30.2 Å². The smallest absolute Gasteiger partial charge is 0.251 e. The second-order valence-corrected chi connectivity index (χ2v) is 4.38. The zero-order valence-electron chi connectivity index (χ0n) is 10.7. The van der Waals surface area contributed by atoms with E-state index in [1.54, 1.807) is 12.1 Å². The summed E-state index contributed by atoms with van der Waals surface area (Å²) < 4.78 is 5.39. The Morgan fingerprint density at radius 3 is 3.11 bits per heavy atom. The maximum Gasteiger partial charge on any atom is 0.251 e. The summed E-state index contributed by atoms with van der Waals surface area (Å²) in [6.07, 6.45) is 1.36. The van der Waals surface area contributed by atoms with E-state index in [4.69, 9.17) is 15.7 Å². The van der Waals surface area contributed by atoms with E-state index in [0.29, 0.717) is 18.6 Å². The number of nitrogens with one attached hydrogen (secondary N) is 1. The van der Waals surface area contributed by atoms with Crippen LogP contribution in [0.15, 0.2) is 23.4 Å². The lowest BCUT2D eigenvalue weighted by Crippen LogP contribution is -2.44. The van der Waals surface area contributed by atoms with Gasteiger partial charge in [0.15, 0.2) is 5.84 Å². The predicted octanol–water partition coefficient (Wildman–Crippen LogP) is 0.876. The Bertz CT molecular complexity index is 514. The molecule has 1 amide bonds. The molecule has 0 aromatic heterocycles. The van der Waals surface area contributed by atoms with Gasteiger partial charge in [-0.1, -0.05) is 12.1 Å². The lowest BCUT2D eigenvalue weighted by atomic mass is 10.1. The molecule has 0 aliphatic carbocycles. The van der Waals surface area contributed by atoms with Gasteiger partial charge in [-0.3, -0.25) is 4.79 Å². The molecule has 102 valence electrons. The molecule has 1 aromatic carbocycles. The van der Waals surface area contributed by atoms with Crippen LogP contribution in [-0.2, 0) is 6.42 Å². The summed E-state index contributed by atoms with van der Waals surface area (Å²) in [6, 6.07) is 4.85. The van der Waals surface area contributed by atoms with Gasteiger partial charge in [0.1, 0.15) is 5.75 Å². The summed E-state index contributed by atoms with van der Waals surface area (Å²) in [7, 11) is 0. The maximum atomic E-state index is 12.1. The van der Waals surface area contributed by atoms with Crippen molar-refractivity contribution in [2.75, 3.05) is 6.61 Å². The first-order valence-corrected chi connectivity index (χ1v) is 6.19. The summed E-state index contributed by atoms with van der Waals surface area (Å²) >= 11 is 0. The topological polar surface area (TPSA) is 96.9 Å². The van der Waals surface area contributed by atoms with Crippen LogP contribution in [0.4, 0.5) is 0 Å². The van der Waals surface area contributed by atoms with E-state index in [2.05, 4.69) is 10.5 Å². The number of fused-ring (bicyclic) bond motifs is 1. The zero-order chi connectivity index (χ0) is 13.8. The Morgan fingerprint density at radius 2 is 2.42 bits per heavy atom. The molecule has 1 aliphatic heterocycles. The summed E-state index contributed by atoms with van der Waals surface area (Å²) in [5, 5.41) is 14.3. The number of carbonyl (C=O) groups is 1. The van der Waals surface area contributed by atoms with Crippen molar-refractivity contribution in [2.45, 2.75) is 25.8 Å². The molecule has 0 saturated heterocycles. The monoisotopic (exact) mass is 263 g/mol. The number of nitrogens with two attached hydrogens (primary N) is 1. The van der Waals surface area contributed by atoms with Crippen LogP contribution in [0.25, 0.3) is 0 Å². The van der Waals surface area contributed by atoms with E-state index in [0.717, 1.165) is 17.7 Å². The van der Waals surface area contributed by atoms with Crippen molar-refractivity contribution >= 4 is 11.7 Å². The number of carbonyl (C=O) groups excluding carboxylic acids is 1. The molecule has 0 bridgehead atoms. The lowest BCUT2D eigenvalue weighted by Gasteiger charge is -2.15. The largest absolute Gasteiger partial charge is 0.493 e. The molecule has 1 atom stereocenters. The first-order chi connectivity index (χ1) is 9.15. The van der Waals surface area contributed by atoms with Crippen LogP contribution in [0.5, 0.6) is 5.75 Å². The molecule has 0 fully saturated rings. The standard InChI is InChI=1S/C13H17N3O3/c1-2-10(12(14)16-18)15-13(17)9-3-4-11-8(7-9)5-6-19-11/h3-4,7,10,18H,2,5-6H2,1H3,(H2,14,16)(H,15,17). The lowest BCUT2D eigenvalue weighted by molar-refractivity contribution is 0.0945. The van der Waals surface area contributed by atoms with Crippen molar-refractivity contribution in [3.05, 3.63) is 29.3 Å². The number of ether oxygens (including phenoxy) is 1. The SMILES string of the molecule is CCC(NC(=O)c1ccc2c(c1)CCO2)C(N)=NO. The Labute approximate surface area is 111 Å². The third-order valence-corrected chi connectivity index (χ3v) is 3.14. The first kappa shape index (κ1) is 13.2. The Hall–Kier alpha value is -2.24. The quantitative estimate of drug-likeness (QED) is 0.325. The van der Waals surface area contributed by atoms with Gasteiger partial charge in [0.05, 0.1) is 12.6 Å². The summed E-state index contributed by atoms with van der Waals surface area (Å²) in [5.41, 5.74) is 7.09. The van der Waals surface area contributed by atoms with Gasteiger partial charge in [0, 0.05) is 12.0 Å². The van der Waals surface area contributed by atoms with E-state index in [9.17, 15) is 4.79 Å². The van der Waals surface area contributed by atoms with Crippen LogP contribution >= 0.6 is 0 Å². The predicted molar refractivity (Wildman–Crippen MR) is 70.6 cm³/mol. The second-order valence-electron chi connectivity index (χ2n) is 4.38. The van der Waals surface area contributed by atoms with Crippen molar-refractivity contribution < 1.29 is 14.7 Å². The van der Waals surface area contributed by atoms with Gasteiger partial charge in [-0.25, -0.2) is 0 Å². The van der Waals surface area contributed by atoms with Crippen LogP contribution in [0, 0.1) is 0 Å². The average Bonchev–Trinajstić information content (AvgIpc) is 2.90. The number of hydrogen-bond acceptors (Lipinski definition) is 4. The van der Waals surface area contributed by atoms with E-state index in [-0.39, 0.29) is 11.7 Å². The molecule has 6 heteroatoms. The Morgan fingerprint density at radius 1 is 1.63 bits per heavy atom. The number of rotatable bonds is 4. The molecule has 0 radical (unpaired) electrons. The van der Waals surface area contributed by atoms with Gasteiger partial charge in [-0.2, -0.15) is 0 Å². The minimum Gasteiger partial charge on any atom is -0.493 e. The fourth-order valence-corrected chi connectivity index (χ4v) is 2.02. The van der Waals surface area contributed by atoms with Crippen LogP contribution in [-0.4, -0.2) is 29.6 Å². The molecule has 1 unspecified atom stereocenters. The molecule has 0 spiro atoms. The van der Waals surface area contributed by atoms with Crippen LogP contribution < -0.4 is 15.8 Å². The number of amidine groups is 1. The Kier molecular flexibility index (Phi) is 3.89. The third kappa shape index (κ3) is 2.78. The van der Waals surface area contributed by atoms with E-state index in [1.807, 2.05) is 13.0 Å². The highest BCUT2D eigenvalue weighted by atomic mass is 16.5. The molecule has 19 heavy (non-hydrogen) atoms. The Balaban J connectivity index is 2.11. The number of benzene rings is 1. The highest BCUT2D eigenvalue weighted by Gasteiger charge is 2.18. The van der Waals surface area contributed by atoms with Crippen LogP contribution in [0.1, 0.15) is 29.3 Å². The van der Waals surface area contributed by atoms with Gasteiger partial charge in [0.2, 0.25) is 0 Å². The molecule has 6 nitrogen and oxygen atoms in total. The van der Waals surface area contributed by atoms with E-state index >= 15 is 0 Å². The molecule has 2 rings (SSSR count). The number of nitrogens with zero attached hydrogens (tertiary/aromatic N) is 1. The molecular weight excluding hydrogens is 246 g/mol. The molecular formula is C13H17N3O3. The first-order valence-electron chi connectivity index (χ1n) is 6.19. The van der Waals surface area contributed by atoms with Gasteiger partial charge in [0.25, 0.3) is 5.91 Å². The van der Waals surface area contributed by atoms with Gasteiger partial charge < -0.3 is 21.0 Å². The van der Waals surface area contributed by atoms with Crippen molar-refractivity contribution in [2.24, 2.45) is 10.9 Å². The van der Waals surface area contributed by atoms with Gasteiger partial charge in [-0.15, -0.1) is 0 Å². The molecule has 1 aromatic rings. The number of oxime groups is 1. The van der Waals surface area contributed by atoms with Crippen molar-refractivity contribution in [1.82, 2.24) is 5.32 Å². The van der Waals surface area contributed by atoms with Gasteiger partial charge >= 0.3 is 0 Å². The highest BCUT2D eigenvalue weighted by Crippen LogP contribution is 2.25. The van der Waals surface area contributed by atoms with E-state index in [1.165, 1.54) is 0 Å². The fourth-order valence-electron chi connectivity index (χ4n) is 2.02. The van der Waals surface area contributed by atoms with Crippen molar-refractivity contribution in [3.63, 3.8) is 0 Å². The third-order valence-electron chi connectivity index (χ3n) is 3.14. The molecule has 0 saturated carbocycles. The minimum atomic E-state index is -0.470. The summed E-state index contributed by atoms with van der Waals surface area (Å²) in [5.74, 6) is 0.591.